The van der Waals surface area contributed by atoms with E-state index in [2.05, 4.69) is 15.0 Å². The van der Waals surface area contributed by atoms with E-state index in [1.165, 1.54) is 4.90 Å². The van der Waals surface area contributed by atoms with Crippen molar-refractivity contribution < 1.29 is 4.79 Å². The predicted octanol–water partition coefficient (Wildman–Crippen LogP) is 2.43. The SMILES string of the molecule is Cc1ccc2nc(C)n(-c3cccc([C@]4(C)CC(=O)N(C)C(N)=N4)c3)c2n1. The molecule has 1 aromatic carbocycles. The van der Waals surface area contributed by atoms with Gasteiger partial charge in [-0.3, -0.25) is 14.3 Å². The summed E-state index contributed by atoms with van der Waals surface area (Å²) in [4.78, 5) is 27.6. The number of aromatic nitrogens is 3. The van der Waals surface area contributed by atoms with E-state index in [-0.39, 0.29) is 18.3 Å². The van der Waals surface area contributed by atoms with Gasteiger partial charge in [-0.25, -0.2) is 15.0 Å². The summed E-state index contributed by atoms with van der Waals surface area (Å²) in [5, 5.41) is 0. The Kier molecular flexibility index (Phi) is 3.76. The van der Waals surface area contributed by atoms with E-state index < -0.39 is 5.54 Å². The van der Waals surface area contributed by atoms with E-state index in [9.17, 15) is 4.79 Å². The molecule has 0 unspecified atom stereocenters. The maximum Gasteiger partial charge on any atom is 0.231 e. The van der Waals surface area contributed by atoms with Gasteiger partial charge in [0.1, 0.15) is 11.3 Å². The van der Waals surface area contributed by atoms with Crippen LogP contribution in [-0.2, 0) is 10.3 Å². The third-order valence-electron chi connectivity index (χ3n) is 5.11. The van der Waals surface area contributed by atoms with Crippen LogP contribution in [0, 0.1) is 13.8 Å². The fourth-order valence-electron chi connectivity index (χ4n) is 3.53. The monoisotopic (exact) mass is 362 g/mol. The summed E-state index contributed by atoms with van der Waals surface area (Å²) in [7, 11) is 1.64. The number of aliphatic imine (C=N–C) groups is 1. The fourth-order valence-corrected chi connectivity index (χ4v) is 3.53. The molecule has 0 fully saturated rings. The number of hydrogen-bond donors (Lipinski definition) is 1. The molecular formula is C20H22N6O. The van der Waals surface area contributed by atoms with Crippen LogP contribution in [0.2, 0.25) is 0 Å². The highest BCUT2D eigenvalue weighted by atomic mass is 16.2. The Hall–Kier alpha value is -3.22. The van der Waals surface area contributed by atoms with Gasteiger partial charge in [0.05, 0.1) is 12.0 Å². The number of benzene rings is 1. The van der Waals surface area contributed by atoms with Crippen LogP contribution in [0.5, 0.6) is 0 Å². The minimum atomic E-state index is -0.697. The maximum atomic E-state index is 12.3. The van der Waals surface area contributed by atoms with Crippen LogP contribution in [-0.4, -0.2) is 38.3 Å². The fraction of sp³-hybridized carbons (Fsp3) is 0.300. The number of imidazole rings is 1. The molecule has 1 atom stereocenters. The van der Waals surface area contributed by atoms with E-state index in [1.807, 2.05) is 61.7 Å². The molecule has 3 aromatic rings. The van der Waals surface area contributed by atoms with Crippen molar-refractivity contribution in [1.29, 1.82) is 0 Å². The lowest BCUT2D eigenvalue weighted by Crippen LogP contribution is -2.47. The van der Waals surface area contributed by atoms with Gasteiger partial charge in [0.25, 0.3) is 0 Å². The highest BCUT2D eigenvalue weighted by molar-refractivity contribution is 5.98. The zero-order chi connectivity index (χ0) is 19.3. The number of hydrogen-bond acceptors (Lipinski definition) is 5. The summed E-state index contributed by atoms with van der Waals surface area (Å²) >= 11 is 0. The molecule has 0 spiro atoms. The number of amides is 1. The van der Waals surface area contributed by atoms with Gasteiger partial charge < -0.3 is 5.73 Å². The van der Waals surface area contributed by atoms with Crippen molar-refractivity contribution >= 4 is 23.0 Å². The summed E-state index contributed by atoms with van der Waals surface area (Å²) in [5.74, 6) is 1.05. The number of aryl methyl sites for hydroxylation is 2. The summed E-state index contributed by atoms with van der Waals surface area (Å²) in [5.41, 5.74) is 9.73. The first kappa shape index (κ1) is 17.2. The number of pyridine rings is 1. The van der Waals surface area contributed by atoms with Crippen molar-refractivity contribution in [2.75, 3.05) is 7.05 Å². The largest absolute Gasteiger partial charge is 0.369 e. The van der Waals surface area contributed by atoms with Crippen molar-refractivity contribution in [2.24, 2.45) is 10.7 Å². The third-order valence-corrected chi connectivity index (χ3v) is 5.11. The molecule has 7 heteroatoms. The van der Waals surface area contributed by atoms with Crippen LogP contribution in [0.25, 0.3) is 16.9 Å². The minimum Gasteiger partial charge on any atom is -0.369 e. The van der Waals surface area contributed by atoms with E-state index >= 15 is 0 Å². The van der Waals surface area contributed by atoms with Gasteiger partial charge in [0, 0.05) is 18.4 Å². The van der Waals surface area contributed by atoms with Gasteiger partial charge in [-0.2, -0.15) is 0 Å². The average molecular weight is 362 g/mol. The topological polar surface area (TPSA) is 89.4 Å². The molecule has 0 saturated carbocycles. The molecule has 1 amide bonds. The zero-order valence-corrected chi connectivity index (χ0v) is 15.9. The Morgan fingerprint density at radius 3 is 2.67 bits per heavy atom. The standard InChI is InChI=1S/C20H22N6O/c1-12-8-9-16-18(22-12)26(13(2)23-16)15-7-5-6-14(10-15)20(3)11-17(27)25(4)19(21)24-20/h5-10H,11H2,1-4H3,(H2,21,24)/t20-/m0/s1. The van der Waals surface area contributed by atoms with Crippen LogP contribution in [0.15, 0.2) is 41.4 Å². The second kappa shape index (κ2) is 5.90. The highest BCUT2D eigenvalue weighted by Gasteiger charge is 2.36. The molecule has 1 aliphatic heterocycles. The van der Waals surface area contributed by atoms with Crippen molar-refractivity contribution in [3.8, 4) is 5.69 Å². The van der Waals surface area contributed by atoms with Gasteiger partial charge in [-0.15, -0.1) is 0 Å². The molecule has 0 aliphatic carbocycles. The Bertz CT molecular complexity index is 1100. The van der Waals surface area contributed by atoms with Crippen molar-refractivity contribution in [3.05, 3.63) is 53.5 Å². The molecule has 1 aliphatic rings. The van der Waals surface area contributed by atoms with Crippen LogP contribution < -0.4 is 5.73 Å². The van der Waals surface area contributed by atoms with Crippen LogP contribution >= 0.6 is 0 Å². The molecular weight excluding hydrogens is 340 g/mol. The van der Waals surface area contributed by atoms with Crippen molar-refractivity contribution in [2.45, 2.75) is 32.7 Å². The van der Waals surface area contributed by atoms with Gasteiger partial charge in [-0.05, 0) is 50.6 Å². The Morgan fingerprint density at radius 2 is 1.93 bits per heavy atom. The smallest absolute Gasteiger partial charge is 0.231 e. The molecule has 138 valence electrons. The lowest BCUT2D eigenvalue weighted by molar-refractivity contribution is -0.128. The van der Waals surface area contributed by atoms with Gasteiger partial charge in [-0.1, -0.05) is 12.1 Å². The number of nitrogens with two attached hydrogens (primary N) is 1. The quantitative estimate of drug-likeness (QED) is 0.758. The van der Waals surface area contributed by atoms with Gasteiger partial charge in [0.15, 0.2) is 11.6 Å². The Balaban J connectivity index is 1.86. The summed E-state index contributed by atoms with van der Waals surface area (Å²) in [6.07, 6.45) is 0.272. The van der Waals surface area contributed by atoms with E-state index in [0.29, 0.717) is 0 Å². The van der Waals surface area contributed by atoms with E-state index in [1.54, 1.807) is 7.05 Å². The van der Waals surface area contributed by atoms with E-state index in [0.717, 1.165) is 33.9 Å². The number of carbonyl (C=O) groups excluding carboxylic acids is 1. The van der Waals surface area contributed by atoms with Gasteiger partial charge in [0.2, 0.25) is 5.91 Å². The van der Waals surface area contributed by atoms with Crippen LogP contribution in [0.1, 0.15) is 30.4 Å². The van der Waals surface area contributed by atoms with Crippen LogP contribution in [0.4, 0.5) is 0 Å². The Morgan fingerprint density at radius 1 is 1.15 bits per heavy atom. The second-order valence-corrected chi connectivity index (χ2v) is 7.21. The molecule has 0 radical (unpaired) electrons. The lowest BCUT2D eigenvalue weighted by atomic mass is 9.87. The minimum absolute atomic E-state index is 0.0445. The molecule has 3 heterocycles. The van der Waals surface area contributed by atoms with Crippen LogP contribution in [0.3, 0.4) is 0 Å². The molecule has 27 heavy (non-hydrogen) atoms. The predicted molar refractivity (Wildman–Crippen MR) is 105 cm³/mol. The second-order valence-electron chi connectivity index (χ2n) is 7.21. The lowest BCUT2D eigenvalue weighted by Gasteiger charge is -2.33. The molecule has 7 nitrogen and oxygen atoms in total. The summed E-state index contributed by atoms with van der Waals surface area (Å²) in [6.45, 7) is 5.86. The number of carbonyl (C=O) groups is 1. The molecule has 2 aromatic heterocycles. The molecule has 2 N–H and O–H groups in total. The van der Waals surface area contributed by atoms with E-state index in [4.69, 9.17) is 5.73 Å². The first-order valence-corrected chi connectivity index (χ1v) is 8.84. The molecule has 0 bridgehead atoms. The normalized spacial score (nSPS) is 20.2. The molecule has 4 rings (SSSR count). The van der Waals surface area contributed by atoms with Crippen molar-refractivity contribution in [3.63, 3.8) is 0 Å². The van der Waals surface area contributed by atoms with Crippen molar-refractivity contribution in [1.82, 2.24) is 19.4 Å². The van der Waals surface area contributed by atoms with Gasteiger partial charge >= 0.3 is 0 Å². The summed E-state index contributed by atoms with van der Waals surface area (Å²) < 4.78 is 2.03. The number of fused-ring (bicyclic) bond motifs is 1. The first-order chi connectivity index (χ1) is 12.8. The highest BCUT2D eigenvalue weighted by Crippen LogP contribution is 2.34. The third kappa shape index (κ3) is 2.75. The number of rotatable bonds is 2. The molecule has 0 saturated heterocycles. The number of nitrogens with zero attached hydrogens (tertiary/aromatic N) is 5. The average Bonchev–Trinajstić information content (AvgIpc) is 2.95. The first-order valence-electron chi connectivity index (χ1n) is 8.84. The maximum absolute atomic E-state index is 12.3. The zero-order valence-electron chi connectivity index (χ0n) is 15.9. The Labute approximate surface area is 157 Å². The summed E-state index contributed by atoms with van der Waals surface area (Å²) in [6, 6.07) is 11.9. The number of guanidine groups is 1.